The van der Waals surface area contributed by atoms with E-state index in [-0.39, 0.29) is 22.6 Å². The Morgan fingerprint density at radius 1 is 1.35 bits per heavy atom. The van der Waals surface area contributed by atoms with Crippen molar-refractivity contribution in [2.75, 3.05) is 5.32 Å². The molecule has 0 aliphatic heterocycles. The van der Waals surface area contributed by atoms with Crippen LogP contribution in [-0.4, -0.2) is 11.0 Å². The molecule has 2 rings (SSSR count). The maximum atomic E-state index is 13.4. The second-order valence-corrected chi connectivity index (χ2v) is 4.25. The third-order valence-electron chi connectivity index (χ3n) is 2.77. The number of benzene rings is 2. The lowest BCUT2D eigenvalue weighted by Crippen LogP contribution is -2.13. The van der Waals surface area contributed by atoms with Crippen LogP contribution >= 0.6 is 0 Å². The SMILES string of the molecule is Cc1ccc(C(=O)Nc2cccc(F)c2C#N)c(O)c1. The fourth-order valence-corrected chi connectivity index (χ4v) is 1.77. The minimum absolute atomic E-state index is 0.0590. The predicted molar refractivity (Wildman–Crippen MR) is 71.9 cm³/mol. The van der Waals surface area contributed by atoms with Gasteiger partial charge < -0.3 is 10.4 Å². The lowest BCUT2D eigenvalue weighted by Gasteiger charge is -2.09. The molecule has 2 aromatic rings. The van der Waals surface area contributed by atoms with Gasteiger partial charge in [-0.2, -0.15) is 5.26 Å². The number of carbonyl (C=O) groups is 1. The number of anilines is 1. The van der Waals surface area contributed by atoms with Crippen LogP contribution in [0.5, 0.6) is 5.75 Å². The van der Waals surface area contributed by atoms with Crippen molar-refractivity contribution in [1.82, 2.24) is 0 Å². The van der Waals surface area contributed by atoms with E-state index in [1.54, 1.807) is 19.1 Å². The van der Waals surface area contributed by atoms with Gasteiger partial charge in [0.05, 0.1) is 11.3 Å². The van der Waals surface area contributed by atoms with Gasteiger partial charge in [0.25, 0.3) is 5.91 Å². The number of nitrogens with zero attached hydrogens (tertiary/aromatic N) is 1. The number of rotatable bonds is 2. The second kappa shape index (κ2) is 5.41. The van der Waals surface area contributed by atoms with Crippen molar-refractivity contribution in [2.45, 2.75) is 6.92 Å². The summed E-state index contributed by atoms with van der Waals surface area (Å²) in [5.41, 5.74) is 0.691. The normalized spacial score (nSPS) is 9.85. The Morgan fingerprint density at radius 2 is 2.10 bits per heavy atom. The first kappa shape index (κ1) is 13.6. The molecule has 2 aromatic carbocycles. The summed E-state index contributed by atoms with van der Waals surface area (Å²) in [5, 5.41) is 21.0. The molecule has 0 aliphatic rings. The van der Waals surface area contributed by atoms with E-state index >= 15 is 0 Å². The van der Waals surface area contributed by atoms with Crippen molar-refractivity contribution < 1.29 is 14.3 Å². The number of nitrogens with one attached hydrogen (secondary N) is 1. The number of nitriles is 1. The summed E-state index contributed by atoms with van der Waals surface area (Å²) in [7, 11) is 0. The van der Waals surface area contributed by atoms with E-state index in [1.165, 1.54) is 24.3 Å². The van der Waals surface area contributed by atoms with Crippen LogP contribution in [0, 0.1) is 24.1 Å². The molecule has 0 unspecified atom stereocenters. The van der Waals surface area contributed by atoms with Crippen LogP contribution < -0.4 is 5.32 Å². The minimum atomic E-state index is -0.710. The van der Waals surface area contributed by atoms with Gasteiger partial charge in [0.1, 0.15) is 23.2 Å². The molecule has 0 radical (unpaired) electrons. The summed E-state index contributed by atoms with van der Waals surface area (Å²) in [5.74, 6) is -1.49. The molecular weight excluding hydrogens is 259 g/mol. The van der Waals surface area contributed by atoms with Crippen molar-refractivity contribution in [3.8, 4) is 11.8 Å². The molecule has 0 aromatic heterocycles. The lowest BCUT2D eigenvalue weighted by atomic mass is 10.1. The Kier molecular flexibility index (Phi) is 3.67. The van der Waals surface area contributed by atoms with Gasteiger partial charge in [-0.05, 0) is 36.8 Å². The summed E-state index contributed by atoms with van der Waals surface area (Å²) < 4.78 is 13.4. The van der Waals surface area contributed by atoms with Gasteiger partial charge >= 0.3 is 0 Å². The Hall–Kier alpha value is -2.87. The first-order chi connectivity index (χ1) is 9.52. The predicted octanol–water partition coefficient (Wildman–Crippen LogP) is 2.96. The lowest BCUT2D eigenvalue weighted by molar-refractivity contribution is 0.102. The minimum Gasteiger partial charge on any atom is -0.507 e. The number of hydrogen-bond acceptors (Lipinski definition) is 3. The van der Waals surface area contributed by atoms with Crippen LogP contribution in [0.3, 0.4) is 0 Å². The molecule has 0 atom stereocenters. The average molecular weight is 270 g/mol. The molecule has 20 heavy (non-hydrogen) atoms. The van der Waals surface area contributed by atoms with Crippen LogP contribution in [0.1, 0.15) is 21.5 Å². The van der Waals surface area contributed by atoms with Crippen molar-refractivity contribution in [3.05, 3.63) is 58.9 Å². The molecule has 0 spiro atoms. The van der Waals surface area contributed by atoms with Crippen molar-refractivity contribution in [3.63, 3.8) is 0 Å². The summed E-state index contributed by atoms with van der Waals surface area (Å²) in [6.07, 6.45) is 0. The van der Waals surface area contributed by atoms with E-state index in [4.69, 9.17) is 5.26 Å². The molecule has 4 nitrogen and oxygen atoms in total. The van der Waals surface area contributed by atoms with E-state index in [0.29, 0.717) is 0 Å². The number of aryl methyl sites for hydroxylation is 1. The van der Waals surface area contributed by atoms with Gasteiger partial charge in [0.2, 0.25) is 0 Å². The van der Waals surface area contributed by atoms with E-state index in [9.17, 15) is 14.3 Å². The van der Waals surface area contributed by atoms with Crippen LogP contribution in [0.4, 0.5) is 10.1 Å². The van der Waals surface area contributed by atoms with Gasteiger partial charge in [-0.15, -0.1) is 0 Å². The van der Waals surface area contributed by atoms with Gasteiger partial charge in [-0.1, -0.05) is 12.1 Å². The molecule has 0 saturated carbocycles. The van der Waals surface area contributed by atoms with Crippen LogP contribution in [0.15, 0.2) is 36.4 Å². The highest BCUT2D eigenvalue weighted by Gasteiger charge is 2.14. The Bertz CT molecular complexity index is 720. The summed E-state index contributed by atoms with van der Waals surface area (Å²) in [6.45, 7) is 1.78. The Morgan fingerprint density at radius 3 is 2.75 bits per heavy atom. The number of halogens is 1. The van der Waals surface area contributed by atoms with Crippen molar-refractivity contribution >= 4 is 11.6 Å². The van der Waals surface area contributed by atoms with Crippen molar-refractivity contribution in [1.29, 1.82) is 5.26 Å². The second-order valence-electron chi connectivity index (χ2n) is 4.25. The van der Waals surface area contributed by atoms with Crippen LogP contribution in [0.2, 0.25) is 0 Å². The van der Waals surface area contributed by atoms with Gasteiger partial charge in [-0.25, -0.2) is 4.39 Å². The standard InChI is InChI=1S/C15H11FN2O2/c1-9-5-6-10(14(19)7-9)15(20)18-13-4-2-3-12(16)11(13)8-17/h2-7,19H,1H3,(H,18,20). The summed E-state index contributed by atoms with van der Waals surface area (Å²) in [6, 6.07) is 10.2. The molecular formula is C15H11FN2O2. The third-order valence-corrected chi connectivity index (χ3v) is 2.77. The molecule has 0 bridgehead atoms. The summed E-state index contributed by atoms with van der Waals surface area (Å²) >= 11 is 0. The smallest absolute Gasteiger partial charge is 0.259 e. The molecule has 0 saturated heterocycles. The quantitative estimate of drug-likeness (QED) is 0.881. The van der Waals surface area contributed by atoms with E-state index in [0.717, 1.165) is 11.6 Å². The topological polar surface area (TPSA) is 73.1 Å². The number of hydrogen-bond donors (Lipinski definition) is 2. The fraction of sp³-hybridized carbons (Fsp3) is 0.0667. The van der Waals surface area contributed by atoms with E-state index in [1.807, 2.05) is 0 Å². The van der Waals surface area contributed by atoms with Crippen molar-refractivity contribution in [2.24, 2.45) is 0 Å². The number of carbonyl (C=O) groups excluding carboxylic acids is 1. The molecule has 1 amide bonds. The van der Waals surface area contributed by atoms with Gasteiger partial charge in [0, 0.05) is 0 Å². The number of phenols is 1. The molecule has 100 valence electrons. The maximum absolute atomic E-state index is 13.4. The first-order valence-corrected chi connectivity index (χ1v) is 5.82. The third kappa shape index (κ3) is 2.59. The first-order valence-electron chi connectivity index (χ1n) is 5.82. The zero-order chi connectivity index (χ0) is 14.7. The largest absolute Gasteiger partial charge is 0.507 e. The zero-order valence-electron chi connectivity index (χ0n) is 10.6. The Balaban J connectivity index is 2.33. The van der Waals surface area contributed by atoms with Gasteiger partial charge in [0.15, 0.2) is 0 Å². The van der Waals surface area contributed by atoms with Gasteiger partial charge in [-0.3, -0.25) is 4.79 Å². The fourth-order valence-electron chi connectivity index (χ4n) is 1.77. The molecule has 2 N–H and O–H groups in total. The zero-order valence-corrected chi connectivity index (χ0v) is 10.6. The van der Waals surface area contributed by atoms with E-state index < -0.39 is 11.7 Å². The molecule has 0 aliphatic carbocycles. The van der Waals surface area contributed by atoms with E-state index in [2.05, 4.69) is 5.32 Å². The molecule has 5 heteroatoms. The Labute approximate surface area is 115 Å². The van der Waals surface area contributed by atoms with Crippen LogP contribution in [-0.2, 0) is 0 Å². The highest BCUT2D eigenvalue weighted by atomic mass is 19.1. The molecule has 0 fully saturated rings. The molecule has 0 heterocycles. The number of phenolic OH excluding ortho intramolecular Hbond substituents is 1. The highest BCUT2D eigenvalue weighted by molar-refractivity contribution is 6.06. The highest BCUT2D eigenvalue weighted by Crippen LogP contribution is 2.22. The van der Waals surface area contributed by atoms with Crippen LogP contribution in [0.25, 0.3) is 0 Å². The monoisotopic (exact) mass is 270 g/mol. The summed E-state index contributed by atoms with van der Waals surface area (Å²) in [4.78, 5) is 12.0. The number of aromatic hydroxyl groups is 1. The maximum Gasteiger partial charge on any atom is 0.259 e. The number of amides is 1. The average Bonchev–Trinajstić information content (AvgIpc) is 2.38.